The van der Waals surface area contributed by atoms with Gasteiger partial charge in [-0.05, 0) is 50.1 Å². The molecule has 0 saturated carbocycles. The standard InChI is InChI=1S/C25H28N2O4S/c1-18-5-8-20(9-6-18)30-13-4-3-12-27-22-15-19(7-10-23(22)31-16-25(27)28)21-17-32-24(26-21)11-14-29-2/h5-10,15,17H,3-4,11-14,16H2,1-2H3. The van der Waals surface area contributed by atoms with Crippen molar-refractivity contribution in [1.82, 2.24) is 4.98 Å². The minimum atomic E-state index is -0.0202. The number of carbonyl (C=O) groups is 1. The predicted octanol–water partition coefficient (Wildman–Crippen LogP) is 4.89. The summed E-state index contributed by atoms with van der Waals surface area (Å²) in [4.78, 5) is 19.1. The van der Waals surface area contributed by atoms with Crippen LogP contribution in [-0.2, 0) is 16.0 Å². The molecule has 0 fully saturated rings. The van der Waals surface area contributed by atoms with E-state index in [4.69, 9.17) is 19.2 Å². The number of aromatic nitrogens is 1. The van der Waals surface area contributed by atoms with Crippen LogP contribution in [0.1, 0.15) is 23.4 Å². The van der Waals surface area contributed by atoms with E-state index in [9.17, 15) is 4.79 Å². The molecule has 1 aliphatic rings. The van der Waals surface area contributed by atoms with E-state index in [0.717, 1.165) is 52.7 Å². The third-order valence-electron chi connectivity index (χ3n) is 5.34. The molecule has 32 heavy (non-hydrogen) atoms. The van der Waals surface area contributed by atoms with Crippen LogP contribution in [0, 0.1) is 6.92 Å². The molecule has 3 aromatic rings. The summed E-state index contributed by atoms with van der Waals surface area (Å²) in [6.45, 7) is 4.04. The Balaban J connectivity index is 1.38. The number of fused-ring (bicyclic) bond motifs is 1. The van der Waals surface area contributed by atoms with Crippen molar-refractivity contribution in [2.75, 3.05) is 38.4 Å². The number of anilines is 1. The zero-order valence-electron chi connectivity index (χ0n) is 18.5. The minimum Gasteiger partial charge on any atom is -0.494 e. The first-order valence-electron chi connectivity index (χ1n) is 10.8. The molecule has 7 heteroatoms. The van der Waals surface area contributed by atoms with Crippen LogP contribution in [0.3, 0.4) is 0 Å². The topological polar surface area (TPSA) is 60.9 Å². The van der Waals surface area contributed by atoms with Gasteiger partial charge in [-0.3, -0.25) is 4.79 Å². The molecule has 0 atom stereocenters. The van der Waals surface area contributed by atoms with Gasteiger partial charge >= 0.3 is 0 Å². The average Bonchev–Trinajstić information content (AvgIpc) is 3.28. The molecule has 4 rings (SSSR count). The van der Waals surface area contributed by atoms with Gasteiger partial charge in [-0.2, -0.15) is 0 Å². The van der Waals surface area contributed by atoms with E-state index in [1.807, 2.05) is 52.7 Å². The fraction of sp³-hybridized carbons (Fsp3) is 0.360. The number of aryl methyl sites for hydroxylation is 1. The highest BCUT2D eigenvalue weighted by Crippen LogP contribution is 2.36. The maximum absolute atomic E-state index is 12.6. The van der Waals surface area contributed by atoms with Gasteiger partial charge in [-0.15, -0.1) is 11.3 Å². The highest BCUT2D eigenvalue weighted by molar-refractivity contribution is 7.09. The summed E-state index contributed by atoms with van der Waals surface area (Å²) < 4.78 is 16.6. The van der Waals surface area contributed by atoms with Gasteiger partial charge in [0.25, 0.3) is 5.91 Å². The lowest BCUT2D eigenvalue weighted by atomic mass is 10.1. The Morgan fingerprint density at radius 2 is 1.97 bits per heavy atom. The first kappa shape index (κ1) is 22.3. The molecule has 0 bridgehead atoms. The Hall–Kier alpha value is -2.90. The number of ether oxygens (including phenoxy) is 3. The molecule has 0 radical (unpaired) electrons. The molecule has 6 nitrogen and oxygen atoms in total. The van der Waals surface area contributed by atoms with Crippen molar-refractivity contribution in [3.63, 3.8) is 0 Å². The SMILES string of the molecule is COCCc1nc(-c2ccc3c(c2)N(CCCCOc2ccc(C)cc2)C(=O)CO3)cs1. The number of nitrogens with zero attached hydrogens (tertiary/aromatic N) is 2. The molecule has 1 aromatic heterocycles. The number of amides is 1. The maximum atomic E-state index is 12.6. The van der Waals surface area contributed by atoms with Gasteiger partial charge in [-0.25, -0.2) is 4.98 Å². The van der Waals surface area contributed by atoms with Crippen molar-refractivity contribution >= 4 is 22.9 Å². The van der Waals surface area contributed by atoms with Gasteiger partial charge in [0.05, 0.1) is 29.6 Å². The van der Waals surface area contributed by atoms with E-state index in [1.54, 1.807) is 18.4 Å². The second kappa shape index (κ2) is 10.6. The Labute approximate surface area is 192 Å². The largest absolute Gasteiger partial charge is 0.494 e. The summed E-state index contributed by atoms with van der Waals surface area (Å²) in [6.07, 6.45) is 2.51. The van der Waals surface area contributed by atoms with E-state index in [2.05, 4.69) is 6.92 Å². The molecule has 2 heterocycles. The zero-order chi connectivity index (χ0) is 22.3. The lowest BCUT2D eigenvalue weighted by Gasteiger charge is -2.29. The third kappa shape index (κ3) is 5.47. The zero-order valence-corrected chi connectivity index (χ0v) is 19.3. The van der Waals surface area contributed by atoms with Crippen molar-refractivity contribution in [3.05, 3.63) is 58.4 Å². The molecule has 2 aromatic carbocycles. The minimum absolute atomic E-state index is 0.0202. The average molecular weight is 453 g/mol. The third-order valence-corrected chi connectivity index (χ3v) is 6.24. The second-order valence-corrected chi connectivity index (χ2v) is 8.70. The number of hydrogen-bond donors (Lipinski definition) is 0. The van der Waals surface area contributed by atoms with E-state index in [1.165, 1.54) is 5.56 Å². The highest BCUT2D eigenvalue weighted by Gasteiger charge is 2.25. The lowest BCUT2D eigenvalue weighted by molar-refractivity contribution is -0.121. The Bertz CT molecular complexity index is 1050. The summed E-state index contributed by atoms with van der Waals surface area (Å²) >= 11 is 1.62. The summed E-state index contributed by atoms with van der Waals surface area (Å²) in [6, 6.07) is 14.0. The molecule has 168 valence electrons. The molecular weight excluding hydrogens is 424 g/mol. The van der Waals surface area contributed by atoms with E-state index < -0.39 is 0 Å². The Morgan fingerprint density at radius 1 is 1.12 bits per heavy atom. The fourth-order valence-electron chi connectivity index (χ4n) is 3.55. The van der Waals surface area contributed by atoms with Crippen LogP contribution < -0.4 is 14.4 Å². The lowest BCUT2D eigenvalue weighted by Crippen LogP contribution is -2.39. The summed E-state index contributed by atoms with van der Waals surface area (Å²) in [5.41, 5.74) is 3.91. The number of methoxy groups -OCH3 is 1. The smallest absolute Gasteiger partial charge is 0.265 e. The van der Waals surface area contributed by atoms with Gasteiger partial charge in [0.15, 0.2) is 6.61 Å². The van der Waals surface area contributed by atoms with E-state index in [0.29, 0.717) is 19.8 Å². The molecular formula is C25H28N2O4S. The quantitative estimate of drug-likeness (QED) is 0.410. The van der Waals surface area contributed by atoms with E-state index >= 15 is 0 Å². The predicted molar refractivity (Wildman–Crippen MR) is 127 cm³/mol. The molecule has 0 saturated heterocycles. The molecule has 1 aliphatic heterocycles. The van der Waals surface area contributed by atoms with Gasteiger partial charge in [0.2, 0.25) is 0 Å². The Morgan fingerprint density at radius 3 is 2.78 bits per heavy atom. The normalized spacial score (nSPS) is 13.1. The molecule has 0 aliphatic carbocycles. The number of thiazole rings is 1. The van der Waals surface area contributed by atoms with Crippen LogP contribution in [0.5, 0.6) is 11.5 Å². The first-order chi connectivity index (χ1) is 15.6. The van der Waals surface area contributed by atoms with Crippen LogP contribution in [0.15, 0.2) is 47.8 Å². The van der Waals surface area contributed by atoms with Gasteiger partial charge in [0.1, 0.15) is 11.5 Å². The van der Waals surface area contributed by atoms with Crippen LogP contribution in [0.4, 0.5) is 5.69 Å². The van der Waals surface area contributed by atoms with Crippen LogP contribution in [-0.4, -0.2) is 44.4 Å². The number of carbonyl (C=O) groups excluding carboxylic acids is 1. The van der Waals surface area contributed by atoms with Crippen LogP contribution >= 0.6 is 11.3 Å². The first-order valence-corrected chi connectivity index (χ1v) is 11.7. The van der Waals surface area contributed by atoms with Gasteiger partial charge in [-0.1, -0.05) is 17.7 Å². The van der Waals surface area contributed by atoms with Crippen LogP contribution in [0.2, 0.25) is 0 Å². The van der Waals surface area contributed by atoms with Crippen molar-refractivity contribution in [1.29, 1.82) is 0 Å². The fourth-order valence-corrected chi connectivity index (χ4v) is 4.34. The highest BCUT2D eigenvalue weighted by atomic mass is 32.1. The number of benzene rings is 2. The summed E-state index contributed by atoms with van der Waals surface area (Å²) in [7, 11) is 1.69. The molecule has 0 spiro atoms. The van der Waals surface area contributed by atoms with Crippen molar-refractivity contribution in [3.8, 4) is 22.8 Å². The maximum Gasteiger partial charge on any atom is 0.265 e. The number of hydrogen-bond acceptors (Lipinski definition) is 6. The monoisotopic (exact) mass is 452 g/mol. The molecule has 1 amide bonds. The molecule has 0 N–H and O–H groups in total. The van der Waals surface area contributed by atoms with Gasteiger partial charge < -0.3 is 19.1 Å². The van der Waals surface area contributed by atoms with Crippen molar-refractivity contribution in [2.45, 2.75) is 26.2 Å². The van der Waals surface area contributed by atoms with Gasteiger partial charge in [0, 0.05) is 31.0 Å². The molecule has 0 unspecified atom stereocenters. The summed E-state index contributed by atoms with van der Waals surface area (Å²) in [5, 5.41) is 3.09. The number of rotatable bonds is 10. The van der Waals surface area contributed by atoms with E-state index in [-0.39, 0.29) is 12.5 Å². The van der Waals surface area contributed by atoms with Crippen molar-refractivity contribution in [2.24, 2.45) is 0 Å². The van der Waals surface area contributed by atoms with Crippen molar-refractivity contribution < 1.29 is 19.0 Å². The Kier molecular flexibility index (Phi) is 7.39. The summed E-state index contributed by atoms with van der Waals surface area (Å²) in [5.74, 6) is 1.59. The number of unbranched alkanes of at least 4 members (excludes halogenated alkanes) is 1. The second-order valence-electron chi connectivity index (χ2n) is 7.75. The van der Waals surface area contributed by atoms with Crippen LogP contribution in [0.25, 0.3) is 11.3 Å².